The molecule has 3 aromatic rings. The number of methoxy groups -OCH3 is 1. The van der Waals surface area contributed by atoms with Gasteiger partial charge in [0.25, 0.3) is 11.7 Å². The van der Waals surface area contributed by atoms with E-state index in [1.165, 1.54) is 0 Å². The monoisotopic (exact) mass is 419 g/mol. The largest absolute Gasteiger partial charge is 0.433 e. The van der Waals surface area contributed by atoms with Gasteiger partial charge in [0.05, 0.1) is 6.61 Å². The summed E-state index contributed by atoms with van der Waals surface area (Å²) in [5.74, 6) is -0.343. The van der Waals surface area contributed by atoms with Crippen LogP contribution in [0.2, 0.25) is 0 Å². The highest BCUT2D eigenvalue weighted by molar-refractivity contribution is 5.94. The van der Waals surface area contributed by atoms with Crippen molar-refractivity contribution in [1.82, 2.24) is 24.5 Å². The van der Waals surface area contributed by atoms with Gasteiger partial charge in [0.15, 0.2) is 5.69 Å². The molecule has 7 nitrogen and oxygen atoms in total. The van der Waals surface area contributed by atoms with Crippen LogP contribution in [0.4, 0.5) is 13.2 Å². The number of amides is 1. The molecule has 1 fully saturated rings. The fraction of sp³-hybridized carbons (Fsp3) is 0.400. The number of carbonyl (C=O) groups excluding carboxylic acids is 1. The molecule has 30 heavy (non-hydrogen) atoms. The minimum Gasteiger partial charge on any atom is -0.380 e. The van der Waals surface area contributed by atoms with E-state index < -0.39 is 11.9 Å². The zero-order chi connectivity index (χ0) is 21.3. The van der Waals surface area contributed by atoms with E-state index in [-0.39, 0.29) is 17.6 Å². The molecule has 4 rings (SSSR count). The van der Waals surface area contributed by atoms with Gasteiger partial charge in [-0.2, -0.15) is 27.8 Å². The molecule has 1 saturated heterocycles. The summed E-state index contributed by atoms with van der Waals surface area (Å²) in [5.41, 5.74) is 0.993. The first-order chi connectivity index (χ1) is 14.4. The van der Waals surface area contributed by atoms with Gasteiger partial charge >= 0.3 is 6.18 Å². The molecule has 0 bridgehead atoms. The van der Waals surface area contributed by atoms with Gasteiger partial charge in [-0.1, -0.05) is 12.1 Å². The molecule has 2 aromatic heterocycles. The SMILES string of the molecule is COCc1ccc(C(=O)N2CCC(c3cc(C(F)(F)F)n4ncnc4n3)CC2)cc1. The predicted octanol–water partition coefficient (Wildman–Crippen LogP) is 3.31. The van der Waals surface area contributed by atoms with E-state index in [1.54, 1.807) is 24.1 Å². The van der Waals surface area contributed by atoms with Crippen molar-refractivity contribution in [2.24, 2.45) is 0 Å². The van der Waals surface area contributed by atoms with Crippen molar-refractivity contribution in [2.75, 3.05) is 20.2 Å². The molecule has 1 aromatic carbocycles. The number of carbonyl (C=O) groups is 1. The number of rotatable bonds is 4. The average Bonchev–Trinajstić information content (AvgIpc) is 3.21. The van der Waals surface area contributed by atoms with Crippen molar-refractivity contribution in [3.8, 4) is 0 Å². The third kappa shape index (κ3) is 4.00. The number of alkyl halides is 3. The van der Waals surface area contributed by atoms with Crippen molar-refractivity contribution in [3.63, 3.8) is 0 Å². The normalized spacial score (nSPS) is 15.7. The molecule has 3 heterocycles. The second kappa shape index (κ2) is 8.02. The second-order valence-corrected chi connectivity index (χ2v) is 7.23. The maximum atomic E-state index is 13.4. The summed E-state index contributed by atoms with van der Waals surface area (Å²) in [6.45, 7) is 1.37. The molecule has 0 saturated carbocycles. The van der Waals surface area contributed by atoms with Gasteiger partial charge in [0, 0.05) is 37.4 Å². The zero-order valence-corrected chi connectivity index (χ0v) is 16.3. The third-order valence-electron chi connectivity index (χ3n) is 5.27. The zero-order valence-electron chi connectivity index (χ0n) is 16.3. The van der Waals surface area contributed by atoms with E-state index in [2.05, 4.69) is 15.1 Å². The fourth-order valence-electron chi connectivity index (χ4n) is 3.71. The van der Waals surface area contributed by atoms with Gasteiger partial charge < -0.3 is 9.64 Å². The lowest BCUT2D eigenvalue weighted by molar-refractivity contribution is -0.142. The summed E-state index contributed by atoms with van der Waals surface area (Å²) in [7, 11) is 1.61. The van der Waals surface area contributed by atoms with Crippen molar-refractivity contribution >= 4 is 11.7 Å². The number of hydrogen-bond acceptors (Lipinski definition) is 5. The molecule has 0 atom stereocenters. The van der Waals surface area contributed by atoms with Crippen LogP contribution in [-0.2, 0) is 17.5 Å². The minimum atomic E-state index is -4.56. The highest BCUT2D eigenvalue weighted by Gasteiger charge is 2.36. The Morgan fingerprint density at radius 1 is 1.20 bits per heavy atom. The maximum absolute atomic E-state index is 13.4. The van der Waals surface area contributed by atoms with Crippen molar-refractivity contribution < 1.29 is 22.7 Å². The average molecular weight is 419 g/mol. The van der Waals surface area contributed by atoms with E-state index in [0.717, 1.165) is 18.0 Å². The molecule has 1 amide bonds. The molecular weight excluding hydrogens is 399 g/mol. The molecule has 0 radical (unpaired) electrons. The predicted molar refractivity (Wildman–Crippen MR) is 101 cm³/mol. The lowest BCUT2D eigenvalue weighted by Crippen LogP contribution is -2.38. The summed E-state index contributed by atoms with van der Waals surface area (Å²) in [6.07, 6.45) is -2.44. The van der Waals surface area contributed by atoms with Crippen molar-refractivity contribution in [1.29, 1.82) is 0 Å². The number of nitrogens with zero attached hydrogens (tertiary/aromatic N) is 5. The van der Waals surface area contributed by atoms with Gasteiger partial charge in [0.1, 0.15) is 6.33 Å². The van der Waals surface area contributed by atoms with E-state index in [9.17, 15) is 18.0 Å². The first-order valence-electron chi connectivity index (χ1n) is 9.52. The Kier molecular flexibility index (Phi) is 5.42. The Morgan fingerprint density at radius 3 is 2.53 bits per heavy atom. The number of aromatic nitrogens is 4. The van der Waals surface area contributed by atoms with Crippen LogP contribution in [0.3, 0.4) is 0 Å². The lowest BCUT2D eigenvalue weighted by atomic mass is 9.92. The van der Waals surface area contributed by atoms with Crippen LogP contribution in [0, 0.1) is 0 Å². The molecule has 1 aliphatic heterocycles. The minimum absolute atomic E-state index is 0.0746. The highest BCUT2D eigenvalue weighted by Crippen LogP contribution is 2.33. The Hall–Kier alpha value is -3.01. The van der Waals surface area contributed by atoms with Crippen LogP contribution in [0.1, 0.15) is 46.1 Å². The molecule has 158 valence electrons. The number of hydrogen-bond donors (Lipinski definition) is 0. The Morgan fingerprint density at radius 2 is 1.90 bits per heavy atom. The van der Waals surface area contributed by atoms with Crippen LogP contribution < -0.4 is 0 Å². The molecule has 1 aliphatic rings. The Balaban J connectivity index is 1.47. The first-order valence-corrected chi connectivity index (χ1v) is 9.52. The maximum Gasteiger partial charge on any atom is 0.433 e. The Bertz CT molecular complexity index is 1040. The molecule has 0 unspecified atom stereocenters. The van der Waals surface area contributed by atoms with Crippen molar-refractivity contribution in [2.45, 2.75) is 31.5 Å². The summed E-state index contributed by atoms with van der Waals surface area (Å²) in [5, 5.41) is 3.62. The smallest absolute Gasteiger partial charge is 0.380 e. The van der Waals surface area contributed by atoms with Crippen LogP contribution in [0.5, 0.6) is 0 Å². The quantitative estimate of drug-likeness (QED) is 0.649. The number of likely N-dealkylation sites (tertiary alicyclic amines) is 1. The van der Waals surface area contributed by atoms with Gasteiger partial charge in [-0.3, -0.25) is 4.79 Å². The number of halogens is 3. The molecule has 0 N–H and O–H groups in total. The second-order valence-electron chi connectivity index (χ2n) is 7.23. The molecule has 10 heteroatoms. The van der Waals surface area contributed by atoms with E-state index in [0.29, 0.717) is 48.3 Å². The topological polar surface area (TPSA) is 72.6 Å². The van der Waals surface area contributed by atoms with Crippen LogP contribution in [0.25, 0.3) is 5.78 Å². The van der Waals surface area contributed by atoms with E-state index in [4.69, 9.17) is 4.74 Å². The number of ether oxygens (including phenoxy) is 1. The first kappa shape index (κ1) is 20.3. The summed E-state index contributed by atoms with van der Waals surface area (Å²) < 4.78 is 46.0. The van der Waals surface area contributed by atoms with Crippen molar-refractivity contribution in [3.05, 3.63) is 59.2 Å². The molecular formula is C20H20F3N5O2. The molecule has 0 spiro atoms. The van der Waals surface area contributed by atoms with Gasteiger partial charge in [-0.15, -0.1) is 0 Å². The lowest BCUT2D eigenvalue weighted by Gasteiger charge is -2.32. The highest BCUT2D eigenvalue weighted by atomic mass is 19.4. The number of benzene rings is 1. The van der Waals surface area contributed by atoms with E-state index >= 15 is 0 Å². The summed E-state index contributed by atoms with van der Waals surface area (Å²) >= 11 is 0. The van der Waals surface area contributed by atoms with Gasteiger partial charge in [0.2, 0.25) is 0 Å². The fourth-order valence-corrected chi connectivity index (χ4v) is 3.71. The van der Waals surface area contributed by atoms with Gasteiger partial charge in [-0.25, -0.2) is 4.98 Å². The Labute approximate surface area is 170 Å². The van der Waals surface area contributed by atoms with Crippen LogP contribution in [0.15, 0.2) is 36.7 Å². The third-order valence-corrected chi connectivity index (χ3v) is 5.27. The standard InChI is InChI=1S/C20H20F3N5O2/c1-30-11-13-2-4-15(5-3-13)18(29)27-8-6-14(7-9-27)16-10-17(20(21,22)23)28-19(26-16)24-12-25-28/h2-5,10,12,14H,6-9,11H2,1H3. The van der Waals surface area contributed by atoms with Crippen LogP contribution in [-0.4, -0.2) is 50.6 Å². The van der Waals surface area contributed by atoms with Crippen LogP contribution >= 0.6 is 0 Å². The summed E-state index contributed by atoms with van der Waals surface area (Å²) in [6, 6.07) is 8.26. The number of piperidine rings is 1. The molecule has 0 aliphatic carbocycles. The summed E-state index contributed by atoms with van der Waals surface area (Å²) in [4.78, 5) is 22.6. The number of fused-ring (bicyclic) bond motifs is 1. The van der Waals surface area contributed by atoms with Gasteiger partial charge in [-0.05, 0) is 36.6 Å². The van der Waals surface area contributed by atoms with E-state index in [1.807, 2.05) is 12.1 Å².